The molecule has 0 bridgehead atoms. The molecule has 11 heteroatoms. The predicted octanol–water partition coefficient (Wildman–Crippen LogP) is 6.43. The molecule has 3 N–H and O–H groups in total. The molecule has 1 heterocycles. The molecule has 0 aromatic carbocycles. The number of rotatable bonds is 12. The summed E-state index contributed by atoms with van der Waals surface area (Å²) in [6.45, 7) is 25.5. The third-order valence-corrected chi connectivity index (χ3v) is 5.38. The number of hydrogen-bond acceptors (Lipinski definition) is 7. The van der Waals surface area contributed by atoms with Crippen molar-refractivity contribution in [3.63, 3.8) is 0 Å². The summed E-state index contributed by atoms with van der Waals surface area (Å²) < 4.78 is 9.96. The smallest absolute Gasteiger partial charge is 0.408 e. The largest absolute Gasteiger partial charge is 0.464 e. The van der Waals surface area contributed by atoms with E-state index in [2.05, 4.69) is 23.6 Å². The van der Waals surface area contributed by atoms with Crippen LogP contribution in [0.25, 0.3) is 0 Å². The third-order valence-electron chi connectivity index (χ3n) is 5.38. The van der Waals surface area contributed by atoms with Crippen LogP contribution in [0.1, 0.15) is 122 Å². The zero-order chi connectivity index (χ0) is 33.7. The van der Waals surface area contributed by atoms with E-state index in [0.717, 1.165) is 12.8 Å². The highest BCUT2D eigenvalue weighted by atomic mass is 35.5. The van der Waals surface area contributed by atoms with Gasteiger partial charge in [0.25, 0.3) is 0 Å². The van der Waals surface area contributed by atoms with Gasteiger partial charge in [0.05, 0.1) is 12.7 Å². The molecule has 4 atom stereocenters. The van der Waals surface area contributed by atoms with Gasteiger partial charge >= 0.3 is 12.1 Å². The summed E-state index contributed by atoms with van der Waals surface area (Å²) in [5.41, 5.74) is -0.579. The SMILES string of the molecule is CC.CC.CC.CC1CC(O)CN1C(=O)CNC(=O)OC(C)(C)C.CCCCC/C=C\C(C)C(NC=O)C(=O)OCC.Cl. The monoisotopic (exact) mass is 639 g/mol. The molecule has 0 aromatic rings. The Bertz CT molecular complexity index is 716. The van der Waals surface area contributed by atoms with Crippen LogP contribution >= 0.6 is 12.4 Å². The maximum Gasteiger partial charge on any atom is 0.408 e. The second-order valence-corrected chi connectivity index (χ2v) is 9.94. The first-order chi connectivity index (χ1) is 19.9. The Kier molecular flexibility index (Phi) is 38.1. The first-order valence-electron chi connectivity index (χ1n) is 15.8. The maximum absolute atomic E-state index is 11.8. The number of amides is 3. The van der Waals surface area contributed by atoms with E-state index in [4.69, 9.17) is 9.47 Å². The number of carbonyl (C=O) groups excluding carboxylic acids is 4. The Labute approximate surface area is 269 Å². The highest BCUT2D eigenvalue weighted by Gasteiger charge is 2.31. The highest BCUT2D eigenvalue weighted by molar-refractivity contribution is 5.85. The molecule has 1 rings (SSSR count). The van der Waals surface area contributed by atoms with Gasteiger partial charge in [-0.05, 0) is 53.9 Å². The number of hydrogen-bond donors (Lipinski definition) is 3. The van der Waals surface area contributed by atoms with Crippen molar-refractivity contribution < 1.29 is 33.8 Å². The minimum atomic E-state index is -0.608. The Balaban J connectivity index is -0.000000187. The van der Waals surface area contributed by atoms with Crippen LogP contribution in [0.4, 0.5) is 4.79 Å². The Morgan fingerprint density at radius 1 is 1.05 bits per heavy atom. The van der Waals surface area contributed by atoms with E-state index < -0.39 is 23.8 Å². The zero-order valence-corrected chi connectivity index (χ0v) is 30.3. The number of alkyl carbamates (subject to hydrolysis) is 1. The minimum Gasteiger partial charge on any atom is -0.464 e. The number of aliphatic hydroxyl groups excluding tert-OH is 1. The van der Waals surface area contributed by atoms with Crippen LogP contribution in [0.5, 0.6) is 0 Å². The minimum absolute atomic E-state index is 0. The van der Waals surface area contributed by atoms with Crippen LogP contribution in [0.3, 0.4) is 0 Å². The quantitative estimate of drug-likeness (QED) is 0.0969. The summed E-state index contributed by atoms with van der Waals surface area (Å²) in [4.78, 5) is 46.9. The number of carbonyl (C=O) groups is 4. The molecule has 0 aromatic heterocycles. The molecule has 0 aliphatic carbocycles. The van der Waals surface area contributed by atoms with Gasteiger partial charge in [0.1, 0.15) is 18.2 Å². The van der Waals surface area contributed by atoms with Gasteiger partial charge < -0.3 is 30.1 Å². The number of β-amino-alcohol motifs (C(OH)–C–C–N with tert-alkyl or cyclic N) is 1. The van der Waals surface area contributed by atoms with Crippen LogP contribution in [0.15, 0.2) is 12.2 Å². The molecule has 1 aliphatic rings. The van der Waals surface area contributed by atoms with Gasteiger partial charge in [-0.15, -0.1) is 12.4 Å². The molecule has 43 heavy (non-hydrogen) atoms. The van der Waals surface area contributed by atoms with E-state index in [0.29, 0.717) is 26.0 Å². The zero-order valence-electron chi connectivity index (χ0n) is 29.5. The number of allylic oxidation sites excluding steroid dienone is 1. The summed E-state index contributed by atoms with van der Waals surface area (Å²) in [6, 6.07) is -0.585. The average Bonchev–Trinajstić information content (AvgIpc) is 3.30. The van der Waals surface area contributed by atoms with E-state index in [9.17, 15) is 24.3 Å². The summed E-state index contributed by atoms with van der Waals surface area (Å²) in [6.07, 6.45) is 8.66. The number of aliphatic hydroxyl groups is 1. The van der Waals surface area contributed by atoms with Crippen molar-refractivity contribution >= 4 is 36.8 Å². The van der Waals surface area contributed by atoms with Crippen LogP contribution < -0.4 is 10.6 Å². The molecule has 0 saturated carbocycles. The summed E-state index contributed by atoms with van der Waals surface area (Å²) in [5, 5.41) is 14.4. The lowest BCUT2D eigenvalue weighted by molar-refractivity contribution is -0.147. The Morgan fingerprint density at radius 2 is 1.60 bits per heavy atom. The summed E-state index contributed by atoms with van der Waals surface area (Å²) in [7, 11) is 0. The fraction of sp³-hybridized carbons (Fsp3) is 0.812. The molecular weight excluding hydrogens is 574 g/mol. The second kappa shape index (κ2) is 32.6. The third kappa shape index (κ3) is 28.2. The van der Waals surface area contributed by atoms with Gasteiger partial charge in [-0.3, -0.25) is 9.59 Å². The molecule has 258 valence electrons. The van der Waals surface area contributed by atoms with E-state index in [1.165, 1.54) is 12.8 Å². The van der Waals surface area contributed by atoms with Gasteiger partial charge in [0.15, 0.2) is 0 Å². The Morgan fingerprint density at radius 3 is 2.02 bits per heavy atom. The van der Waals surface area contributed by atoms with E-state index >= 15 is 0 Å². The van der Waals surface area contributed by atoms with Crippen molar-refractivity contribution in [2.75, 3.05) is 19.7 Å². The number of likely N-dealkylation sites (tertiary alicyclic amines) is 1. The number of unbranched alkanes of at least 4 members (excludes halogenated alkanes) is 3. The molecule has 3 amide bonds. The van der Waals surface area contributed by atoms with Gasteiger partial charge in [0, 0.05) is 18.5 Å². The average molecular weight is 640 g/mol. The number of halogens is 1. The van der Waals surface area contributed by atoms with Gasteiger partial charge in [0.2, 0.25) is 12.3 Å². The lowest BCUT2D eigenvalue weighted by Crippen LogP contribution is -2.43. The molecule has 1 aliphatic heterocycles. The van der Waals surface area contributed by atoms with Crippen molar-refractivity contribution in [3.8, 4) is 0 Å². The van der Waals surface area contributed by atoms with Gasteiger partial charge in [-0.25, -0.2) is 9.59 Å². The first-order valence-corrected chi connectivity index (χ1v) is 15.8. The van der Waals surface area contributed by atoms with E-state index in [1.54, 1.807) is 32.6 Å². The number of esters is 1. The van der Waals surface area contributed by atoms with Crippen LogP contribution in [0.2, 0.25) is 0 Å². The lowest BCUT2D eigenvalue weighted by atomic mass is 10.0. The molecular formula is C32H66ClN3O7. The number of nitrogens with zero attached hydrogens (tertiary/aromatic N) is 1. The van der Waals surface area contributed by atoms with Crippen molar-refractivity contribution in [1.82, 2.24) is 15.5 Å². The standard InChI is InChI=1S/C14H25NO3.C12H22N2O4.3C2H6.ClH/c1-4-6-7-8-9-10-12(3)13(15-11-16)14(17)18-5-2;1-8-5-9(15)7-14(8)10(16)6-13-11(17)18-12(2,3)4;3*1-2;/h9-13H,4-8H2,1-3H3,(H,15,16);8-9,15H,5-7H2,1-4H3,(H,13,17);3*1-2H3;1H/b10-9-;;;;;. The van der Waals surface area contributed by atoms with Crippen molar-refractivity contribution in [2.45, 2.75) is 146 Å². The van der Waals surface area contributed by atoms with E-state index in [1.807, 2.05) is 61.5 Å². The van der Waals surface area contributed by atoms with Crippen LogP contribution in [-0.2, 0) is 23.9 Å². The summed E-state index contributed by atoms with van der Waals surface area (Å²) >= 11 is 0. The predicted molar refractivity (Wildman–Crippen MR) is 179 cm³/mol. The first kappa shape index (κ1) is 50.3. The fourth-order valence-corrected chi connectivity index (χ4v) is 3.59. The maximum atomic E-state index is 11.8. The molecule has 0 radical (unpaired) electrons. The van der Waals surface area contributed by atoms with E-state index in [-0.39, 0.29) is 42.8 Å². The molecule has 4 unspecified atom stereocenters. The normalized spacial score (nSPS) is 16.4. The van der Waals surface area contributed by atoms with Crippen LogP contribution in [-0.4, -0.2) is 77.9 Å². The topological polar surface area (TPSA) is 134 Å². The van der Waals surface area contributed by atoms with Crippen molar-refractivity contribution in [1.29, 1.82) is 0 Å². The van der Waals surface area contributed by atoms with Gasteiger partial charge in [-0.1, -0.05) is 80.4 Å². The Hall–Kier alpha value is -2.33. The molecule has 1 fully saturated rings. The second-order valence-electron chi connectivity index (χ2n) is 9.94. The molecule has 10 nitrogen and oxygen atoms in total. The van der Waals surface area contributed by atoms with Crippen LogP contribution in [0, 0.1) is 5.92 Å². The van der Waals surface area contributed by atoms with Crippen molar-refractivity contribution in [3.05, 3.63) is 12.2 Å². The molecule has 1 saturated heterocycles. The van der Waals surface area contributed by atoms with Gasteiger partial charge in [-0.2, -0.15) is 0 Å². The molecule has 0 spiro atoms. The van der Waals surface area contributed by atoms with Crippen molar-refractivity contribution in [2.24, 2.45) is 5.92 Å². The highest BCUT2D eigenvalue weighted by Crippen LogP contribution is 2.17. The fourth-order valence-electron chi connectivity index (χ4n) is 3.59. The number of nitrogens with one attached hydrogen (secondary N) is 2. The lowest BCUT2D eigenvalue weighted by Gasteiger charge is -2.23. The number of ether oxygens (including phenoxy) is 2. The summed E-state index contributed by atoms with van der Waals surface area (Å²) in [5.74, 6) is -0.643.